The largest absolute Gasteiger partial charge is 0.389 e. The predicted octanol–water partition coefficient (Wildman–Crippen LogP) is 0.905. The summed E-state index contributed by atoms with van der Waals surface area (Å²) in [6, 6.07) is 4.00. The maximum atomic E-state index is 8.98. The summed E-state index contributed by atoms with van der Waals surface area (Å²) < 4.78 is 1.97. The van der Waals surface area contributed by atoms with Gasteiger partial charge in [0.05, 0.1) is 6.10 Å². The van der Waals surface area contributed by atoms with Crippen LogP contribution in [0.4, 0.5) is 0 Å². The quantitative estimate of drug-likeness (QED) is 0.645. The first kappa shape index (κ1) is 8.94. The lowest BCUT2D eigenvalue weighted by Gasteiger charge is -1.93. The van der Waals surface area contributed by atoms with Gasteiger partial charge in [0.2, 0.25) is 0 Å². The SMILES string of the molecule is C[C@H](O)C=Cc1cc[n+](C)cc1. The fourth-order valence-corrected chi connectivity index (χ4v) is 0.874. The predicted molar refractivity (Wildman–Crippen MR) is 48.3 cm³/mol. The zero-order chi connectivity index (χ0) is 8.97. The lowest BCUT2D eigenvalue weighted by molar-refractivity contribution is -0.671. The molecular formula is C10H14NO+. The lowest BCUT2D eigenvalue weighted by Crippen LogP contribution is -2.25. The topological polar surface area (TPSA) is 24.1 Å². The molecule has 2 heteroatoms. The van der Waals surface area contributed by atoms with Crippen LogP contribution in [0.3, 0.4) is 0 Å². The molecule has 0 fully saturated rings. The fraction of sp³-hybridized carbons (Fsp3) is 0.300. The highest BCUT2D eigenvalue weighted by molar-refractivity contribution is 5.47. The number of aliphatic hydroxyl groups excluding tert-OH is 1. The molecule has 12 heavy (non-hydrogen) atoms. The van der Waals surface area contributed by atoms with E-state index in [0.29, 0.717) is 0 Å². The zero-order valence-corrected chi connectivity index (χ0v) is 7.44. The summed E-state index contributed by atoms with van der Waals surface area (Å²) in [6.07, 6.45) is 7.24. The van der Waals surface area contributed by atoms with Crippen LogP contribution in [-0.4, -0.2) is 11.2 Å². The first-order valence-corrected chi connectivity index (χ1v) is 4.00. The van der Waals surface area contributed by atoms with Gasteiger partial charge < -0.3 is 5.11 Å². The summed E-state index contributed by atoms with van der Waals surface area (Å²) in [6.45, 7) is 1.74. The first-order chi connectivity index (χ1) is 5.68. The summed E-state index contributed by atoms with van der Waals surface area (Å²) >= 11 is 0. The van der Waals surface area contributed by atoms with Gasteiger partial charge in [-0.15, -0.1) is 0 Å². The van der Waals surface area contributed by atoms with Crippen LogP contribution in [0.5, 0.6) is 0 Å². The number of hydrogen-bond acceptors (Lipinski definition) is 1. The molecule has 0 bridgehead atoms. The molecular weight excluding hydrogens is 150 g/mol. The van der Waals surface area contributed by atoms with Crippen LogP contribution >= 0.6 is 0 Å². The summed E-state index contributed by atoms with van der Waals surface area (Å²) in [5.74, 6) is 0. The van der Waals surface area contributed by atoms with Crippen molar-refractivity contribution in [1.29, 1.82) is 0 Å². The molecule has 1 aromatic rings. The molecule has 2 nitrogen and oxygen atoms in total. The van der Waals surface area contributed by atoms with Gasteiger partial charge in [-0.25, -0.2) is 4.57 Å². The Morgan fingerprint density at radius 2 is 2.00 bits per heavy atom. The normalized spacial score (nSPS) is 13.6. The van der Waals surface area contributed by atoms with E-state index in [2.05, 4.69) is 0 Å². The average Bonchev–Trinajstić information content (AvgIpc) is 2.03. The molecule has 0 saturated carbocycles. The summed E-state index contributed by atoms with van der Waals surface area (Å²) in [7, 11) is 1.97. The van der Waals surface area contributed by atoms with E-state index in [-0.39, 0.29) is 6.10 Å². The van der Waals surface area contributed by atoms with Crippen LogP contribution in [0.2, 0.25) is 0 Å². The first-order valence-electron chi connectivity index (χ1n) is 4.00. The number of aromatic nitrogens is 1. The third kappa shape index (κ3) is 2.84. The van der Waals surface area contributed by atoms with Crippen LogP contribution in [0.25, 0.3) is 6.08 Å². The molecule has 1 aromatic heterocycles. The Morgan fingerprint density at radius 1 is 1.42 bits per heavy atom. The maximum absolute atomic E-state index is 8.98. The molecule has 0 saturated heterocycles. The molecule has 1 heterocycles. The molecule has 1 atom stereocenters. The van der Waals surface area contributed by atoms with Crippen molar-refractivity contribution in [2.24, 2.45) is 7.05 Å². The number of aryl methyl sites for hydroxylation is 1. The van der Waals surface area contributed by atoms with Gasteiger partial charge in [-0.3, -0.25) is 0 Å². The second-order valence-corrected chi connectivity index (χ2v) is 2.90. The second kappa shape index (κ2) is 4.02. The Hall–Kier alpha value is -1.15. The van der Waals surface area contributed by atoms with E-state index in [1.165, 1.54) is 0 Å². The highest BCUT2D eigenvalue weighted by Gasteiger charge is 1.91. The number of hydrogen-bond donors (Lipinski definition) is 1. The van der Waals surface area contributed by atoms with Crippen LogP contribution < -0.4 is 4.57 Å². The van der Waals surface area contributed by atoms with Crippen LogP contribution in [0.1, 0.15) is 12.5 Å². The fourth-order valence-electron chi connectivity index (χ4n) is 0.874. The number of nitrogens with zero attached hydrogens (tertiary/aromatic N) is 1. The van der Waals surface area contributed by atoms with Crippen molar-refractivity contribution in [2.75, 3.05) is 0 Å². The van der Waals surface area contributed by atoms with E-state index >= 15 is 0 Å². The zero-order valence-electron chi connectivity index (χ0n) is 7.44. The molecule has 0 aliphatic carbocycles. The van der Waals surface area contributed by atoms with Crippen LogP contribution in [0.15, 0.2) is 30.6 Å². The molecule has 1 N–H and O–H groups in total. The number of pyridine rings is 1. The molecule has 0 amide bonds. The Kier molecular flexibility index (Phi) is 3.00. The molecule has 0 spiro atoms. The van der Waals surface area contributed by atoms with Crippen molar-refractivity contribution in [3.63, 3.8) is 0 Å². The van der Waals surface area contributed by atoms with E-state index in [9.17, 15) is 0 Å². The Bertz CT molecular complexity index is 262. The van der Waals surface area contributed by atoms with E-state index in [4.69, 9.17) is 5.11 Å². The van der Waals surface area contributed by atoms with Crippen molar-refractivity contribution >= 4 is 6.08 Å². The van der Waals surface area contributed by atoms with Gasteiger partial charge >= 0.3 is 0 Å². The highest BCUT2D eigenvalue weighted by atomic mass is 16.3. The van der Waals surface area contributed by atoms with Crippen molar-refractivity contribution in [3.05, 3.63) is 36.2 Å². The molecule has 1 rings (SSSR count). The van der Waals surface area contributed by atoms with Crippen molar-refractivity contribution < 1.29 is 9.67 Å². The lowest BCUT2D eigenvalue weighted by atomic mass is 10.2. The summed E-state index contributed by atoms with van der Waals surface area (Å²) in [4.78, 5) is 0. The standard InChI is InChI=1S/C10H14NO/c1-9(12)3-4-10-5-7-11(2)8-6-10/h3-9,12H,1-2H3/q+1/t9-/m0/s1. The van der Waals surface area contributed by atoms with Gasteiger partial charge in [0.15, 0.2) is 12.4 Å². The van der Waals surface area contributed by atoms with Gasteiger partial charge in [-0.05, 0) is 12.5 Å². The van der Waals surface area contributed by atoms with Gasteiger partial charge in [-0.1, -0.05) is 12.2 Å². The smallest absolute Gasteiger partial charge is 0.169 e. The molecule has 0 unspecified atom stereocenters. The summed E-state index contributed by atoms with van der Waals surface area (Å²) in [5, 5.41) is 8.98. The molecule has 0 aliphatic rings. The molecule has 0 radical (unpaired) electrons. The maximum Gasteiger partial charge on any atom is 0.169 e. The second-order valence-electron chi connectivity index (χ2n) is 2.90. The van der Waals surface area contributed by atoms with Crippen LogP contribution in [0, 0.1) is 0 Å². The minimum atomic E-state index is -0.376. The van der Waals surface area contributed by atoms with E-state index in [0.717, 1.165) is 5.56 Å². The van der Waals surface area contributed by atoms with Crippen molar-refractivity contribution in [1.82, 2.24) is 0 Å². The molecule has 0 aromatic carbocycles. The van der Waals surface area contributed by atoms with Crippen LogP contribution in [-0.2, 0) is 7.05 Å². The Balaban J connectivity index is 2.71. The van der Waals surface area contributed by atoms with E-state index in [1.54, 1.807) is 13.0 Å². The van der Waals surface area contributed by atoms with Gasteiger partial charge in [-0.2, -0.15) is 0 Å². The average molecular weight is 164 g/mol. The van der Waals surface area contributed by atoms with Gasteiger partial charge in [0.25, 0.3) is 0 Å². The third-order valence-electron chi connectivity index (χ3n) is 1.57. The number of aliphatic hydroxyl groups is 1. The third-order valence-corrected chi connectivity index (χ3v) is 1.57. The van der Waals surface area contributed by atoms with Crippen molar-refractivity contribution in [3.8, 4) is 0 Å². The Labute approximate surface area is 72.8 Å². The minimum Gasteiger partial charge on any atom is -0.389 e. The van der Waals surface area contributed by atoms with E-state index < -0.39 is 0 Å². The van der Waals surface area contributed by atoms with Gasteiger partial charge in [0, 0.05) is 12.1 Å². The highest BCUT2D eigenvalue weighted by Crippen LogP contribution is 1.98. The Morgan fingerprint density at radius 3 is 2.50 bits per heavy atom. The molecule has 0 aliphatic heterocycles. The van der Waals surface area contributed by atoms with Gasteiger partial charge in [0.1, 0.15) is 7.05 Å². The monoisotopic (exact) mass is 164 g/mol. The van der Waals surface area contributed by atoms with E-state index in [1.807, 2.05) is 42.2 Å². The number of rotatable bonds is 2. The molecule has 64 valence electrons. The summed E-state index contributed by atoms with van der Waals surface area (Å²) in [5.41, 5.74) is 1.11. The minimum absolute atomic E-state index is 0.376. The van der Waals surface area contributed by atoms with Crippen molar-refractivity contribution in [2.45, 2.75) is 13.0 Å².